The minimum atomic E-state index is -4.70. The van der Waals surface area contributed by atoms with Crippen LogP contribution < -0.4 is 20.7 Å². The third-order valence-electron chi connectivity index (χ3n) is 5.06. The smallest absolute Gasteiger partial charge is 0.418 e. The van der Waals surface area contributed by atoms with Crippen molar-refractivity contribution < 1.29 is 27.5 Å². The number of methoxy groups -OCH3 is 1. The van der Waals surface area contributed by atoms with Crippen molar-refractivity contribution >= 4 is 35.9 Å². The number of benzene rings is 2. The number of ether oxygens (including phenoxy) is 1. The molecule has 1 aliphatic rings. The molecule has 0 atom stereocenters. The first-order valence-corrected chi connectivity index (χ1v) is 9.65. The highest BCUT2D eigenvalue weighted by molar-refractivity contribution is 6.04. The van der Waals surface area contributed by atoms with Crippen molar-refractivity contribution in [3.05, 3.63) is 59.2 Å². The molecule has 4 N–H and O–H groups in total. The van der Waals surface area contributed by atoms with E-state index in [4.69, 9.17) is 15.9 Å². The molecule has 0 aromatic heterocycles. The molecule has 1 saturated heterocycles. The van der Waals surface area contributed by atoms with Gasteiger partial charge in [0.25, 0.3) is 11.8 Å². The number of alkyl halides is 3. The van der Waals surface area contributed by atoms with Crippen molar-refractivity contribution in [3.8, 4) is 5.75 Å². The van der Waals surface area contributed by atoms with Crippen LogP contribution in [0.15, 0.2) is 42.5 Å². The second-order valence-electron chi connectivity index (χ2n) is 7.08. The number of hydrogen-bond acceptors (Lipinski definition) is 5. The zero-order valence-electron chi connectivity index (χ0n) is 17.6. The van der Waals surface area contributed by atoms with E-state index in [1.807, 2.05) is 5.32 Å². The number of hydrogen-bond donors (Lipinski definition) is 3. The van der Waals surface area contributed by atoms with Gasteiger partial charge < -0.3 is 20.3 Å². The lowest BCUT2D eigenvalue weighted by Crippen LogP contribution is -2.49. The highest BCUT2D eigenvalue weighted by Gasteiger charge is 2.36. The molecule has 0 radical (unpaired) electrons. The van der Waals surface area contributed by atoms with Gasteiger partial charge in [0.05, 0.1) is 18.2 Å². The Hall–Kier alpha value is -3.47. The average Bonchev–Trinajstić information content (AvgIpc) is 2.77. The van der Waals surface area contributed by atoms with Gasteiger partial charge >= 0.3 is 6.18 Å². The quantitative estimate of drug-likeness (QED) is 0.455. The molecule has 0 spiro atoms. The molecule has 1 heterocycles. The summed E-state index contributed by atoms with van der Waals surface area (Å²) in [6, 6.07) is 9.96. The van der Waals surface area contributed by atoms with Gasteiger partial charge in [-0.15, -0.1) is 12.4 Å². The normalized spacial score (nSPS) is 13.7. The van der Waals surface area contributed by atoms with E-state index in [9.17, 15) is 22.8 Å². The van der Waals surface area contributed by atoms with Gasteiger partial charge in [-0.25, -0.2) is 0 Å². The summed E-state index contributed by atoms with van der Waals surface area (Å²) < 4.78 is 46.4. The number of carbonyl (C=O) groups is 2. The van der Waals surface area contributed by atoms with Crippen molar-refractivity contribution in [2.45, 2.75) is 6.18 Å². The number of nitrogens with two attached hydrogens (primary N) is 1. The Bertz CT molecular complexity index is 1040. The van der Waals surface area contributed by atoms with Crippen LogP contribution in [0.2, 0.25) is 0 Å². The van der Waals surface area contributed by atoms with Crippen LogP contribution >= 0.6 is 12.4 Å². The van der Waals surface area contributed by atoms with Crippen molar-refractivity contribution in [2.24, 2.45) is 5.73 Å². The minimum absolute atomic E-state index is 0. The maximum absolute atomic E-state index is 13.7. The molecular weight excluding hydrogens is 463 g/mol. The van der Waals surface area contributed by atoms with E-state index in [1.54, 1.807) is 29.2 Å². The number of rotatable bonds is 4. The summed E-state index contributed by atoms with van der Waals surface area (Å²) in [6.45, 7) is 0.813. The monoisotopic (exact) mass is 485 g/mol. The SMILES string of the molecule is COc1ccccc1C(=O)N1CCN(c2ccc(C(=O)NC(=N)N)cc2C(F)(F)F)CC1.Cl. The lowest BCUT2D eigenvalue weighted by atomic mass is 10.1. The number of nitrogens with one attached hydrogen (secondary N) is 2. The van der Waals surface area contributed by atoms with E-state index < -0.39 is 23.6 Å². The molecule has 0 saturated carbocycles. The lowest BCUT2D eigenvalue weighted by Gasteiger charge is -2.37. The fourth-order valence-corrected chi connectivity index (χ4v) is 3.52. The van der Waals surface area contributed by atoms with E-state index in [1.165, 1.54) is 24.1 Å². The number of guanidine groups is 1. The molecule has 3 rings (SSSR count). The van der Waals surface area contributed by atoms with Crippen LogP contribution in [0, 0.1) is 5.41 Å². The maximum atomic E-state index is 13.7. The molecule has 0 aliphatic carbocycles. The van der Waals surface area contributed by atoms with Gasteiger partial charge in [-0.3, -0.25) is 20.3 Å². The number of nitrogens with zero attached hydrogens (tertiary/aromatic N) is 2. The summed E-state index contributed by atoms with van der Waals surface area (Å²) in [5, 5.41) is 9.04. The summed E-state index contributed by atoms with van der Waals surface area (Å²) in [7, 11) is 1.46. The van der Waals surface area contributed by atoms with Gasteiger partial charge in [-0.2, -0.15) is 13.2 Å². The zero-order valence-corrected chi connectivity index (χ0v) is 18.4. The van der Waals surface area contributed by atoms with Gasteiger partial charge in [0, 0.05) is 37.4 Å². The Morgan fingerprint density at radius 1 is 1.09 bits per heavy atom. The Balaban J connectivity index is 0.00000385. The second kappa shape index (κ2) is 10.4. The number of carbonyl (C=O) groups excluding carboxylic acids is 2. The Morgan fingerprint density at radius 2 is 1.73 bits per heavy atom. The molecule has 0 unspecified atom stereocenters. The Kier molecular flexibility index (Phi) is 8.15. The largest absolute Gasteiger partial charge is 0.496 e. The summed E-state index contributed by atoms with van der Waals surface area (Å²) in [6.07, 6.45) is -4.70. The van der Waals surface area contributed by atoms with Gasteiger partial charge in [0.1, 0.15) is 5.75 Å². The minimum Gasteiger partial charge on any atom is -0.496 e. The zero-order chi connectivity index (χ0) is 23.5. The standard InChI is InChI=1S/C21H22F3N5O3.ClH/c1-32-17-5-3-2-4-14(17)19(31)29-10-8-28(9-11-29)16-7-6-13(18(30)27-20(25)26)12-15(16)21(22,23)24;/h2-7,12H,8-11H2,1H3,(H4,25,26,27,30);1H. The number of halogens is 4. The van der Waals surface area contributed by atoms with E-state index in [0.717, 1.165) is 6.07 Å². The highest BCUT2D eigenvalue weighted by Crippen LogP contribution is 2.37. The molecular formula is C21H23ClF3N5O3. The van der Waals surface area contributed by atoms with E-state index >= 15 is 0 Å². The van der Waals surface area contributed by atoms with Crippen molar-refractivity contribution in [1.29, 1.82) is 5.41 Å². The first-order valence-electron chi connectivity index (χ1n) is 9.65. The van der Waals surface area contributed by atoms with Gasteiger partial charge in [0.15, 0.2) is 5.96 Å². The van der Waals surface area contributed by atoms with Gasteiger partial charge in [0.2, 0.25) is 0 Å². The molecule has 2 aromatic rings. The molecule has 178 valence electrons. The Morgan fingerprint density at radius 3 is 2.30 bits per heavy atom. The van der Waals surface area contributed by atoms with Crippen LogP contribution in [0.25, 0.3) is 0 Å². The molecule has 0 bridgehead atoms. The van der Waals surface area contributed by atoms with Crippen LogP contribution in [-0.2, 0) is 6.18 Å². The predicted molar refractivity (Wildman–Crippen MR) is 119 cm³/mol. The molecule has 33 heavy (non-hydrogen) atoms. The van der Waals surface area contributed by atoms with Crippen molar-refractivity contribution in [2.75, 3.05) is 38.2 Å². The molecule has 12 heteroatoms. The molecule has 2 amide bonds. The van der Waals surface area contributed by atoms with E-state index in [2.05, 4.69) is 0 Å². The van der Waals surface area contributed by atoms with Gasteiger partial charge in [-0.05, 0) is 30.3 Å². The molecule has 1 aliphatic heterocycles. The third-order valence-corrected chi connectivity index (χ3v) is 5.06. The first kappa shape index (κ1) is 25.8. The van der Waals surface area contributed by atoms with Crippen molar-refractivity contribution in [1.82, 2.24) is 10.2 Å². The summed E-state index contributed by atoms with van der Waals surface area (Å²) in [5.41, 5.74) is 4.15. The lowest BCUT2D eigenvalue weighted by molar-refractivity contribution is -0.137. The van der Waals surface area contributed by atoms with Crippen LogP contribution in [0.3, 0.4) is 0 Å². The molecule has 8 nitrogen and oxygen atoms in total. The molecule has 1 fully saturated rings. The number of amides is 2. The van der Waals surface area contributed by atoms with Crippen LogP contribution in [0.4, 0.5) is 18.9 Å². The second-order valence-corrected chi connectivity index (χ2v) is 7.08. The summed E-state index contributed by atoms with van der Waals surface area (Å²) in [5.74, 6) is -1.39. The first-order chi connectivity index (χ1) is 15.1. The third kappa shape index (κ3) is 5.86. The van der Waals surface area contributed by atoms with Gasteiger partial charge in [-0.1, -0.05) is 12.1 Å². The number of para-hydroxylation sites is 1. The summed E-state index contributed by atoms with van der Waals surface area (Å²) >= 11 is 0. The highest BCUT2D eigenvalue weighted by atomic mass is 35.5. The number of anilines is 1. The molecule has 2 aromatic carbocycles. The van der Waals surface area contributed by atoms with Crippen molar-refractivity contribution in [3.63, 3.8) is 0 Å². The fraction of sp³-hybridized carbons (Fsp3) is 0.286. The summed E-state index contributed by atoms with van der Waals surface area (Å²) in [4.78, 5) is 27.9. The topological polar surface area (TPSA) is 112 Å². The van der Waals surface area contributed by atoms with E-state index in [0.29, 0.717) is 11.3 Å². The van der Waals surface area contributed by atoms with Crippen LogP contribution in [0.1, 0.15) is 26.3 Å². The average molecular weight is 486 g/mol. The maximum Gasteiger partial charge on any atom is 0.418 e. The van der Waals surface area contributed by atoms with Crippen LogP contribution in [-0.4, -0.2) is 56.0 Å². The van der Waals surface area contributed by atoms with E-state index in [-0.39, 0.29) is 55.7 Å². The predicted octanol–water partition coefficient (Wildman–Crippen LogP) is 2.72. The van der Waals surface area contributed by atoms with Crippen LogP contribution in [0.5, 0.6) is 5.75 Å². The fourth-order valence-electron chi connectivity index (χ4n) is 3.52. The number of piperazine rings is 1. The Labute approximate surface area is 194 Å².